The molecule has 1 aromatic heterocycles. The molecule has 0 fully saturated rings. The van der Waals surface area contributed by atoms with Crippen LogP contribution in [0.5, 0.6) is 5.75 Å². The van der Waals surface area contributed by atoms with E-state index in [9.17, 15) is 0 Å². The Labute approximate surface area is 61.7 Å². The predicted octanol–water partition coefficient (Wildman–Crippen LogP) is 1.19. The number of ether oxygens (including phenoxy) is 1. The van der Waals surface area contributed by atoms with E-state index in [1.54, 1.807) is 18.0 Å². The fourth-order valence-electron chi connectivity index (χ4n) is 0.577. The molecule has 0 aliphatic rings. The Morgan fingerprint density at radius 2 is 2.44 bits per heavy atom. The predicted molar refractivity (Wildman–Crippen MR) is 37.5 cm³/mol. The number of rotatable bonds is 1. The van der Waals surface area contributed by atoms with Gasteiger partial charge < -0.3 is 4.74 Å². The number of hydrogen-bond donors (Lipinski definition) is 0. The Morgan fingerprint density at radius 3 is 2.67 bits per heavy atom. The van der Waals surface area contributed by atoms with Crippen molar-refractivity contribution in [3.05, 3.63) is 10.8 Å². The molecule has 0 aliphatic carbocycles. The van der Waals surface area contributed by atoms with Crippen molar-refractivity contribution in [3.63, 3.8) is 0 Å². The minimum absolute atomic E-state index is 0.743. The van der Waals surface area contributed by atoms with Gasteiger partial charge in [-0.05, 0) is 15.9 Å². The van der Waals surface area contributed by atoms with E-state index in [-0.39, 0.29) is 0 Å². The molecule has 1 aromatic rings. The molecule has 0 aliphatic heterocycles. The smallest absolute Gasteiger partial charge is 0.171 e. The van der Waals surface area contributed by atoms with Crippen LogP contribution in [0.3, 0.4) is 0 Å². The lowest BCUT2D eigenvalue weighted by molar-refractivity contribution is 0.412. The highest BCUT2D eigenvalue weighted by Gasteiger charge is 2.01. The second kappa shape index (κ2) is 2.39. The normalized spacial score (nSPS) is 9.67. The zero-order valence-electron chi connectivity index (χ0n) is 5.26. The lowest BCUT2D eigenvalue weighted by Gasteiger charge is -1.89. The number of aromatic nitrogens is 2. The SMILES string of the molecule is COc1cn(C)nc1Br. The van der Waals surface area contributed by atoms with E-state index in [0.717, 1.165) is 10.4 Å². The van der Waals surface area contributed by atoms with Gasteiger partial charge in [0.05, 0.1) is 13.3 Å². The Kier molecular flexibility index (Phi) is 1.75. The summed E-state index contributed by atoms with van der Waals surface area (Å²) in [6.45, 7) is 0. The van der Waals surface area contributed by atoms with E-state index < -0.39 is 0 Å². The summed E-state index contributed by atoms with van der Waals surface area (Å²) in [5.74, 6) is 0.762. The van der Waals surface area contributed by atoms with Gasteiger partial charge in [-0.25, -0.2) is 0 Å². The first-order valence-corrected chi connectivity index (χ1v) is 3.26. The lowest BCUT2D eigenvalue weighted by Crippen LogP contribution is -1.84. The average Bonchev–Trinajstić information content (AvgIpc) is 2.10. The molecule has 3 nitrogen and oxygen atoms in total. The molecular weight excluding hydrogens is 184 g/mol. The van der Waals surface area contributed by atoms with Crippen molar-refractivity contribution < 1.29 is 4.74 Å². The van der Waals surface area contributed by atoms with Crippen LogP contribution in [0.2, 0.25) is 0 Å². The van der Waals surface area contributed by atoms with Crippen molar-refractivity contribution >= 4 is 15.9 Å². The highest BCUT2D eigenvalue weighted by atomic mass is 79.9. The van der Waals surface area contributed by atoms with Gasteiger partial charge in [-0.3, -0.25) is 4.68 Å². The third-order valence-electron chi connectivity index (χ3n) is 0.973. The van der Waals surface area contributed by atoms with Gasteiger partial charge in [-0.1, -0.05) is 0 Å². The molecule has 9 heavy (non-hydrogen) atoms. The number of halogens is 1. The first-order chi connectivity index (χ1) is 4.24. The van der Waals surface area contributed by atoms with Crippen LogP contribution in [0.1, 0.15) is 0 Å². The van der Waals surface area contributed by atoms with Gasteiger partial charge in [-0.15, -0.1) is 0 Å². The van der Waals surface area contributed by atoms with E-state index in [4.69, 9.17) is 4.74 Å². The van der Waals surface area contributed by atoms with Crippen LogP contribution in [0.15, 0.2) is 10.8 Å². The maximum atomic E-state index is 4.94. The highest BCUT2D eigenvalue weighted by molar-refractivity contribution is 9.10. The zero-order valence-corrected chi connectivity index (χ0v) is 6.84. The van der Waals surface area contributed by atoms with Crippen LogP contribution in [-0.4, -0.2) is 16.9 Å². The minimum Gasteiger partial charge on any atom is -0.492 e. The third kappa shape index (κ3) is 1.24. The molecule has 0 radical (unpaired) electrons. The molecule has 0 amide bonds. The van der Waals surface area contributed by atoms with Crippen LogP contribution >= 0.6 is 15.9 Å². The number of nitrogens with zero attached hydrogens (tertiary/aromatic N) is 2. The summed E-state index contributed by atoms with van der Waals surface area (Å²) in [5, 5.41) is 3.99. The molecule has 0 N–H and O–H groups in total. The number of hydrogen-bond acceptors (Lipinski definition) is 2. The Hall–Kier alpha value is -0.510. The van der Waals surface area contributed by atoms with E-state index >= 15 is 0 Å². The van der Waals surface area contributed by atoms with E-state index in [1.165, 1.54) is 0 Å². The average molecular weight is 191 g/mol. The first kappa shape index (κ1) is 6.61. The standard InChI is InChI=1S/C5H7BrN2O/c1-8-3-4(9-2)5(6)7-8/h3H,1-2H3. The fraction of sp³-hybridized carbons (Fsp3) is 0.400. The van der Waals surface area contributed by atoms with Gasteiger partial charge in [0.25, 0.3) is 0 Å². The second-order valence-electron chi connectivity index (χ2n) is 1.66. The minimum atomic E-state index is 0.743. The topological polar surface area (TPSA) is 27.1 Å². The van der Waals surface area contributed by atoms with Gasteiger partial charge in [-0.2, -0.15) is 5.10 Å². The van der Waals surface area contributed by atoms with Gasteiger partial charge >= 0.3 is 0 Å². The molecular formula is C5H7BrN2O. The summed E-state index contributed by atoms with van der Waals surface area (Å²) in [6.07, 6.45) is 1.80. The summed E-state index contributed by atoms with van der Waals surface area (Å²) in [4.78, 5) is 0. The molecule has 0 unspecified atom stereocenters. The van der Waals surface area contributed by atoms with Crippen molar-refractivity contribution in [2.75, 3.05) is 7.11 Å². The van der Waals surface area contributed by atoms with Crippen LogP contribution in [0, 0.1) is 0 Å². The molecule has 1 rings (SSSR count). The third-order valence-corrected chi connectivity index (χ3v) is 1.52. The van der Waals surface area contributed by atoms with E-state index in [1.807, 2.05) is 7.05 Å². The highest BCUT2D eigenvalue weighted by Crippen LogP contribution is 2.20. The molecule has 0 bridgehead atoms. The first-order valence-electron chi connectivity index (χ1n) is 2.47. The second-order valence-corrected chi connectivity index (χ2v) is 2.41. The molecule has 0 aromatic carbocycles. The fourth-order valence-corrected chi connectivity index (χ4v) is 1.09. The molecule has 1 heterocycles. The van der Waals surface area contributed by atoms with E-state index in [2.05, 4.69) is 21.0 Å². The maximum absolute atomic E-state index is 4.94. The summed E-state index contributed by atoms with van der Waals surface area (Å²) in [6, 6.07) is 0. The van der Waals surface area contributed by atoms with Gasteiger partial charge in [0, 0.05) is 7.05 Å². The Morgan fingerprint density at radius 1 is 1.78 bits per heavy atom. The van der Waals surface area contributed by atoms with Crippen LogP contribution in [0.4, 0.5) is 0 Å². The van der Waals surface area contributed by atoms with Gasteiger partial charge in [0.15, 0.2) is 10.4 Å². The summed E-state index contributed by atoms with van der Waals surface area (Å²) < 4.78 is 7.36. The lowest BCUT2D eigenvalue weighted by atomic mass is 10.7. The molecule has 0 spiro atoms. The Balaban J connectivity index is 3.01. The molecule has 4 heteroatoms. The van der Waals surface area contributed by atoms with Gasteiger partial charge in [0.2, 0.25) is 0 Å². The quantitative estimate of drug-likeness (QED) is 0.666. The number of methoxy groups -OCH3 is 1. The summed E-state index contributed by atoms with van der Waals surface area (Å²) in [5.41, 5.74) is 0. The Bertz CT molecular complexity index is 209. The molecule has 0 saturated heterocycles. The van der Waals surface area contributed by atoms with Crippen molar-refractivity contribution in [2.45, 2.75) is 0 Å². The maximum Gasteiger partial charge on any atom is 0.171 e. The van der Waals surface area contributed by atoms with Crippen LogP contribution in [-0.2, 0) is 7.05 Å². The zero-order chi connectivity index (χ0) is 6.85. The molecule has 50 valence electrons. The van der Waals surface area contributed by atoms with Crippen LogP contribution in [0.25, 0.3) is 0 Å². The van der Waals surface area contributed by atoms with Gasteiger partial charge in [0.1, 0.15) is 0 Å². The molecule has 0 atom stereocenters. The van der Waals surface area contributed by atoms with Crippen molar-refractivity contribution in [3.8, 4) is 5.75 Å². The molecule has 0 saturated carbocycles. The number of aryl methyl sites for hydroxylation is 1. The summed E-state index contributed by atoms with van der Waals surface area (Å²) in [7, 11) is 3.45. The largest absolute Gasteiger partial charge is 0.492 e. The van der Waals surface area contributed by atoms with Crippen molar-refractivity contribution in [1.82, 2.24) is 9.78 Å². The summed E-state index contributed by atoms with van der Waals surface area (Å²) >= 11 is 3.22. The van der Waals surface area contributed by atoms with Crippen molar-refractivity contribution in [2.24, 2.45) is 7.05 Å². The van der Waals surface area contributed by atoms with Crippen LogP contribution < -0.4 is 4.74 Å². The van der Waals surface area contributed by atoms with E-state index in [0.29, 0.717) is 0 Å². The monoisotopic (exact) mass is 190 g/mol. The van der Waals surface area contributed by atoms with Crippen molar-refractivity contribution in [1.29, 1.82) is 0 Å².